The average Bonchev–Trinajstić information content (AvgIpc) is 2.32. The Morgan fingerprint density at radius 3 is 2.67 bits per heavy atom. The van der Waals surface area contributed by atoms with Crippen LogP contribution in [-0.4, -0.2) is 15.7 Å². The van der Waals surface area contributed by atoms with E-state index in [9.17, 15) is 4.39 Å². The summed E-state index contributed by atoms with van der Waals surface area (Å²) in [5.74, 6) is 1.61. The molecule has 0 bridgehead atoms. The monoisotopic (exact) mass is 264 g/mol. The number of thioether (sulfide) groups is 1. The second-order valence-electron chi connectivity index (χ2n) is 3.53. The highest BCUT2D eigenvalue weighted by Crippen LogP contribution is 2.20. The summed E-state index contributed by atoms with van der Waals surface area (Å²) in [5.41, 5.74) is 6.45. The van der Waals surface area contributed by atoms with Crippen molar-refractivity contribution in [2.24, 2.45) is 0 Å². The quantitative estimate of drug-likeness (QED) is 0.656. The van der Waals surface area contributed by atoms with Crippen LogP contribution in [-0.2, 0) is 0 Å². The average molecular weight is 264 g/mol. The van der Waals surface area contributed by atoms with Crippen molar-refractivity contribution in [3.63, 3.8) is 0 Å². The predicted molar refractivity (Wildman–Crippen MR) is 72.5 cm³/mol. The summed E-state index contributed by atoms with van der Waals surface area (Å²) in [6.07, 6.45) is 0. The van der Waals surface area contributed by atoms with Gasteiger partial charge in [-0.05, 0) is 30.0 Å². The molecule has 0 aliphatic carbocycles. The van der Waals surface area contributed by atoms with Crippen LogP contribution < -0.4 is 11.1 Å². The Bertz CT molecular complexity index is 530. The molecule has 0 amide bonds. The largest absolute Gasteiger partial charge is 0.383 e. The molecule has 0 spiro atoms. The van der Waals surface area contributed by atoms with Gasteiger partial charge in [0.1, 0.15) is 17.5 Å². The third kappa shape index (κ3) is 3.33. The van der Waals surface area contributed by atoms with E-state index in [1.807, 2.05) is 6.92 Å². The van der Waals surface area contributed by atoms with Gasteiger partial charge >= 0.3 is 0 Å². The van der Waals surface area contributed by atoms with Crippen LogP contribution in [0.5, 0.6) is 0 Å². The lowest BCUT2D eigenvalue weighted by Crippen LogP contribution is -2.00. The minimum absolute atomic E-state index is 0.273. The maximum Gasteiger partial charge on any atom is 0.191 e. The SMILES string of the molecule is CCSc1nc(N)cc(Nc2ccc(F)cc2)n1. The molecule has 0 aliphatic rings. The number of hydrogen-bond donors (Lipinski definition) is 2. The Hall–Kier alpha value is -1.82. The zero-order chi connectivity index (χ0) is 13.0. The third-order valence-electron chi connectivity index (χ3n) is 2.12. The van der Waals surface area contributed by atoms with Gasteiger partial charge in [-0.25, -0.2) is 14.4 Å². The van der Waals surface area contributed by atoms with Crippen molar-refractivity contribution < 1.29 is 4.39 Å². The van der Waals surface area contributed by atoms with Crippen LogP contribution >= 0.6 is 11.8 Å². The molecule has 2 aromatic rings. The summed E-state index contributed by atoms with van der Waals surface area (Å²) >= 11 is 1.51. The molecule has 0 atom stereocenters. The maximum atomic E-state index is 12.8. The molecule has 0 saturated carbocycles. The first-order valence-corrected chi connectivity index (χ1v) is 6.46. The van der Waals surface area contributed by atoms with Crippen LogP contribution in [0.4, 0.5) is 21.7 Å². The molecule has 6 heteroatoms. The second-order valence-corrected chi connectivity index (χ2v) is 4.76. The van der Waals surface area contributed by atoms with E-state index in [4.69, 9.17) is 5.73 Å². The third-order valence-corrected chi connectivity index (χ3v) is 2.84. The van der Waals surface area contributed by atoms with Crippen LogP contribution in [0, 0.1) is 5.82 Å². The van der Waals surface area contributed by atoms with E-state index in [1.165, 1.54) is 23.9 Å². The number of halogens is 1. The number of anilines is 3. The van der Waals surface area contributed by atoms with Gasteiger partial charge in [-0.3, -0.25) is 0 Å². The lowest BCUT2D eigenvalue weighted by molar-refractivity contribution is 0.628. The van der Waals surface area contributed by atoms with Gasteiger partial charge in [0.25, 0.3) is 0 Å². The summed E-state index contributed by atoms with van der Waals surface area (Å²) in [6.45, 7) is 2.02. The summed E-state index contributed by atoms with van der Waals surface area (Å²) in [7, 11) is 0. The van der Waals surface area contributed by atoms with Gasteiger partial charge in [0.2, 0.25) is 0 Å². The van der Waals surface area contributed by atoms with E-state index in [2.05, 4.69) is 15.3 Å². The van der Waals surface area contributed by atoms with Crippen LogP contribution in [0.25, 0.3) is 0 Å². The molecule has 1 aromatic carbocycles. The van der Waals surface area contributed by atoms with Crippen LogP contribution in [0.2, 0.25) is 0 Å². The van der Waals surface area contributed by atoms with Crippen molar-refractivity contribution in [3.8, 4) is 0 Å². The number of nitrogen functional groups attached to an aromatic ring is 1. The fourth-order valence-corrected chi connectivity index (χ4v) is 1.97. The van der Waals surface area contributed by atoms with E-state index in [-0.39, 0.29) is 5.82 Å². The molecular weight excluding hydrogens is 251 g/mol. The summed E-state index contributed by atoms with van der Waals surface area (Å²) in [5, 5.41) is 3.69. The molecule has 1 heterocycles. The van der Waals surface area contributed by atoms with Crippen molar-refractivity contribution >= 4 is 29.1 Å². The van der Waals surface area contributed by atoms with Gasteiger partial charge in [0.05, 0.1) is 0 Å². The Kier molecular flexibility index (Phi) is 3.99. The minimum atomic E-state index is -0.273. The van der Waals surface area contributed by atoms with Crippen LogP contribution in [0.3, 0.4) is 0 Å². The first kappa shape index (κ1) is 12.6. The number of nitrogens with two attached hydrogens (primary N) is 1. The van der Waals surface area contributed by atoms with Crippen molar-refractivity contribution in [1.29, 1.82) is 0 Å². The normalized spacial score (nSPS) is 10.3. The van der Waals surface area contributed by atoms with Gasteiger partial charge in [-0.1, -0.05) is 18.7 Å². The highest BCUT2D eigenvalue weighted by atomic mass is 32.2. The number of hydrogen-bond acceptors (Lipinski definition) is 5. The van der Waals surface area contributed by atoms with E-state index in [0.29, 0.717) is 16.8 Å². The molecule has 0 unspecified atom stereocenters. The lowest BCUT2D eigenvalue weighted by atomic mass is 10.3. The van der Waals surface area contributed by atoms with Crippen molar-refractivity contribution in [2.75, 3.05) is 16.8 Å². The van der Waals surface area contributed by atoms with E-state index in [1.54, 1.807) is 18.2 Å². The Morgan fingerprint density at radius 2 is 2.00 bits per heavy atom. The fraction of sp³-hybridized carbons (Fsp3) is 0.167. The van der Waals surface area contributed by atoms with Crippen molar-refractivity contribution in [2.45, 2.75) is 12.1 Å². The number of aromatic nitrogens is 2. The second kappa shape index (κ2) is 5.68. The minimum Gasteiger partial charge on any atom is -0.383 e. The van der Waals surface area contributed by atoms with Gasteiger partial charge < -0.3 is 11.1 Å². The van der Waals surface area contributed by atoms with E-state index >= 15 is 0 Å². The standard InChI is InChI=1S/C12H13FN4S/c1-2-18-12-16-10(14)7-11(17-12)15-9-5-3-8(13)4-6-9/h3-7H,2H2,1H3,(H3,14,15,16,17). The van der Waals surface area contributed by atoms with Crippen molar-refractivity contribution in [1.82, 2.24) is 9.97 Å². The highest BCUT2D eigenvalue weighted by Gasteiger charge is 2.03. The maximum absolute atomic E-state index is 12.8. The molecule has 18 heavy (non-hydrogen) atoms. The number of rotatable bonds is 4. The molecule has 0 radical (unpaired) electrons. The first-order valence-electron chi connectivity index (χ1n) is 5.47. The smallest absolute Gasteiger partial charge is 0.191 e. The molecule has 0 fully saturated rings. The Balaban J connectivity index is 2.20. The van der Waals surface area contributed by atoms with Gasteiger partial charge in [-0.2, -0.15) is 0 Å². The molecular formula is C12H13FN4S. The van der Waals surface area contributed by atoms with Crippen LogP contribution in [0.1, 0.15) is 6.92 Å². The molecule has 4 nitrogen and oxygen atoms in total. The first-order chi connectivity index (χ1) is 8.67. The molecule has 1 aromatic heterocycles. The zero-order valence-electron chi connectivity index (χ0n) is 9.85. The summed E-state index contributed by atoms with van der Waals surface area (Å²) in [4.78, 5) is 8.42. The van der Waals surface area contributed by atoms with Gasteiger partial charge in [-0.15, -0.1) is 0 Å². The fourth-order valence-electron chi connectivity index (χ4n) is 1.38. The Labute approximate surface area is 109 Å². The summed E-state index contributed by atoms with van der Waals surface area (Å²) < 4.78 is 12.8. The van der Waals surface area contributed by atoms with Crippen molar-refractivity contribution in [3.05, 3.63) is 36.1 Å². The zero-order valence-corrected chi connectivity index (χ0v) is 10.7. The lowest BCUT2D eigenvalue weighted by Gasteiger charge is -2.07. The number of nitrogens with one attached hydrogen (secondary N) is 1. The number of nitrogens with zero attached hydrogens (tertiary/aromatic N) is 2. The van der Waals surface area contributed by atoms with Gasteiger partial charge in [0, 0.05) is 11.8 Å². The number of benzene rings is 1. The molecule has 3 N–H and O–H groups in total. The molecule has 0 aliphatic heterocycles. The Morgan fingerprint density at radius 1 is 1.28 bits per heavy atom. The van der Waals surface area contributed by atoms with E-state index in [0.717, 1.165) is 11.4 Å². The summed E-state index contributed by atoms with van der Waals surface area (Å²) in [6, 6.07) is 7.69. The molecule has 0 saturated heterocycles. The predicted octanol–water partition coefficient (Wildman–Crippen LogP) is 3.05. The molecule has 94 valence electrons. The van der Waals surface area contributed by atoms with E-state index < -0.39 is 0 Å². The topological polar surface area (TPSA) is 63.8 Å². The van der Waals surface area contributed by atoms with Crippen LogP contribution in [0.15, 0.2) is 35.5 Å². The van der Waals surface area contributed by atoms with Gasteiger partial charge in [0.15, 0.2) is 5.16 Å². The molecule has 2 rings (SSSR count). The highest BCUT2D eigenvalue weighted by molar-refractivity contribution is 7.99.